The molecule has 0 atom stereocenters. The molecule has 0 unspecified atom stereocenters. The maximum Gasteiger partial charge on any atom is 0.513 e. The van der Waals surface area contributed by atoms with Crippen molar-refractivity contribution in [3.63, 3.8) is 0 Å². The Balaban J connectivity index is 2.69. The van der Waals surface area contributed by atoms with E-state index in [0.29, 0.717) is 12.4 Å². The zero-order valence-electron chi connectivity index (χ0n) is 19.3. The van der Waals surface area contributed by atoms with Crippen LogP contribution in [0.1, 0.15) is 115 Å². The second kappa shape index (κ2) is 17.4. The summed E-state index contributed by atoms with van der Waals surface area (Å²) in [6.45, 7) is 7.07. The van der Waals surface area contributed by atoms with Gasteiger partial charge in [-0.25, -0.2) is 4.79 Å². The Hall–Kier alpha value is -1.51. The molecule has 0 saturated heterocycles. The van der Waals surface area contributed by atoms with Gasteiger partial charge in [-0.2, -0.15) is 0 Å². The summed E-state index contributed by atoms with van der Waals surface area (Å²) in [5.74, 6) is 0.701. The number of rotatable bonds is 17. The van der Waals surface area contributed by atoms with Gasteiger partial charge in [0.15, 0.2) is 0 Å². The Morgan fingerprint density at radius 1 is 0.724 bits per heavy atom. The summed E-state index contributed by atoms with van der Waals surface area (Å²) >= 11 is 0. The lowest BCUT2D eigenvalue weighted by Gasteiger charge is -2.15. The molecular weight excluding hydrogens is 360 g/mol. The van der Waals surface area contributed by atoms with E-state index in [2.05, 4.69) is 26.8 Å². The van der Waals surface area contributed by atoms with Gasteiger partial charge in [0.05, 0.1) is 6.61 Å². The first kappa shape index (κ1) is 25.5. The van der Waals surface area contributed by atoms with Crippen LogP contribution in [0, 0.1) is 0 Å². The molecule has 0 radical (unpaired) electrons. The Bertz CT molecular complexity index is 539. The van der Waals surface area contributed by atoms with E-state index in [0.717, 1.165) is 38.5 Å². The van der Waals surface area contributed by atoms with Crippen molar-refractivity contribution in [2.45, 2.75) is 117 Å². The molecule has 1 rings (SSSR count). The molecule has 3 heteroatoms. The van der Waals surface area contributed by atoms with Crippen molar-refractivity contribution in [2.75, 3.05) is 6.61 Å². The van der Waals surface area contributed by atoms with Crippen LogP contribution >= 0.6 is 0 Å². The molecule has 1 aromatic rings. The molecule has 0 spiro atoms. The minimum atomic E-state index is -0.562. The van der Waals surface area contributed by atoms with Crippen molar-refractivity contribution >= 4 is 6.16 Å². The van der Waals surface area contributed by atoms with Crippen molar-refractivity contribution in [1.29, 1.82) is 0 Å². The molecule has 0 N–H and O–H groups in total. The van der Waals surface area contributed by atoms with E-state index in [1.165, 1.54) is 68.9 Å². The molecule has 0 aliphatic heterocycles. The van der Waals surface area contributed by atoms with Gasteiger partial charge < -0.3 is 9.47 Å². The molecular formula is C26H44O3. The van der Waals surface area contributed by atoms with E-state index >= 15 is 0 Å². The topological polar surface area (TPSA) is 35.5 Å². The highest BCUT2D eigenvalue weighted by atomic mass is 16.7. The molecule has 0 bridgehead atoms. The lowest BCUT2D eigenvalue weighted by atomic mass is 9.95. The number of carbonyl (C=O) groups is 1. The number of hydrogen-bond acceptors (Lipinski definition) is 3. The van der Waals surface area contributed by atoms with Gasteiger partial charge in [-0.05, 0) is 49.3 Å². The quantitative estimate of drug-likeness (QED) is 0.148. The third kappa shape index (κ3) is 11.9. The van der Waals surface area contributed by atoms with Crippen LogP contribution in [0.25, 0.3) is 0 Å². The molecule has 29 heavy (non-hydrogen) atoms. The van der Waals surface area contributed by atoms with E-state index in [1.807, 2.05) is 12.1 Å². The fourth-order valence-corrected chi connectivity index (χ4v) is 3.68. The smallest absolute Gasteiger partial charge is 0.434 e. The lowest BCUT2D eigenvalue weighted by Crippen LogP contribution is -2.13. The van der Waals surface area contributed by atoms with Crippen LogP contribution in [0.4, 0.5) is 4.79 Å². The monoisotopic (exact) mass is 404 g/mol. The third-order valence-electron chi connectivity index (χ3n) is 5.47. The van der Waals surface area contributed by atoms with Gasteiger partial charge >= 0.3 is 6.16 Å². The van der Waals surface area contributed by atoms with Crippen LogP contribution in [-0.2, 0) is 17.6 Å². The average molecular weight is 405 g/mol. The highest BCUT2D eigenvalue weighted by molar-refractivity contribution is 5.65. The molecule has 0 fully saturated rings. The number of aryl methyl sites for hydroxylation is 1. The van der Waals surface area contributed by atoms with Crippen LogP contribution in [0.2, 0.25) is 0 Å². The van der Waals surface area contributed by atoms with E-state index in [9.17, 15) is 4.79 Å². The van der Waals surface area contributed by atoms with Gasteiger partial charge in [0, 0.05) is 0 Å². The summed E-state index contributed by atoms with van der Waals surface area (Å²) in [5.41, 5.74) is 2.55. The van der Waals surface area contributed by atoms with Crippen molar-refractivity contribution < 1.29 is 14.3 Å². The Kier molecular flexibility index (Phi) is 15.3. The standard InChI is InChI=1S/C26H44O3/c1-4-7-10-12-14-18-23-19-17-21-25(24(23)20-15-13-11-8-5-2)29-26(27)28-22-16-9-6-3/h17,19,21H,4-16,18,20,22H2,1-3H3. The minimum absolute atomic E-state index is 0.441. The lowest BCUT2D eigenvalue weighted by molar-refractivity contribution is 0.0970. The Morgan fingerprint density at radius 2 is 1.31 bits per heavy atom. The predicted molar refractivity (Wildman–Crippen MR) is 123 cm³/mol. The first-order chi connectivity index (χ1) is 14.2. The fraction of sp³-hybridized carbons (Fsp3) is 0.731. The number of hydrogen-bond donors (Lipinski definition) is 0. The van der Waals surface area contributed by atoms with E-state index < -0.39 is 6.16 Å². The maximum atomic E-state index is 12.1. The number of unbranched alkanes of at least 4 members (excludes halogenated alkanes) is 10. The molecule has 0 aromatic heterocycles. The van der Waals surface area contributed by atoms with Crippen LogP contribution < -0.4 is 4.74 Å². The Morgan fingerprint density at radius 3 is 1.97 bits per heavy atom. The molecule has 0 aliphatic carbocycles. The normalized spacial score (nSPS) is 10.9. The summed E-state index contributed by atoms with van der Waals surface area (Å²) < 4.78 is 10.9. The van der Waals surface area contributed by atoms with Gasteiger partial charge in [0.25, 0.3) is 0 Å². The highest BCUT2D eigenvalue weighted by Gasteiger charge is 2.14. The summed E-state index contributed by atoms with van der Waals surface area (Å²) in [4.78, 5) is 12.1. The zero-order chi connectivity index (χ0) is 21.2. The van der Waals surface area contributed by atoms with Crippen molar-refractivity contribution in [3.05, 3.63) is 29.3 Å². The molecule has 0 amide bonds. The van der Waals surface area contributed by atoms with Gasteiger partial charge in [-0.15, -0.1) is 0 Å². The van der Waals surface area contributed by atoms with Crippen LogP contribution in [0.5, 0.6) is 5.75 Å². The predicted octanol–water partition coefficient (Wildman–Crippen LogP) is 8.42. The second-order valence-corrected chi connectivity index (χ2v) is 8.13. The van der Waals surface area contributed by atoms with E-state index in [-0.39, 0.29) is 0 Å². The third-order valence-corrected chi connectivity index (χ3v) is 5.47. The summed E-state index contributed by atoms with van der Waals surface area (Å²) in [6, 6.07) is 6.15. The van der Waals surface area contributed by atoms with Crippen LogP contribution in [-0.4, -0.2) is 12.8 Å². The maximum absolute atomic E-state index is 12.1. The molecule has 166 valence electrons. The molecule has 0 saturated carbocycles. The van der Waals surface area contributed by atoms with Crippen molar-refractivity contribution in [2.24, 2.45) is 0 Å². The number of ether oxygens (including phenoxy) is 2. The second-order valence-electron chi connectivity index (χ2n) is 8.13. The number of carbonyl (C=O) groups excluding carboxylic acids is 1. The van der Waals surface area contributed by atoms with Crippen LogP contribution in [0.15, 0.2) is 18.2 Å². The molecule has 0 aliphatic rings. The molecule has 3 nitrogen and oxygen atoms in total. The first-order valence-electron chi connectivity index (χ1n) is 12.2. The highest BCUT2D eigenvalue weighted by Crippen LogP contribution is 2.27. The van der Waals surface area contributed by atoms with Gasteiger partial charge in [-0.3, -0.25) is 0 Å². The first-order valence-corrected chi connectivity index (χ1v) is 12.2. The van der Waals surface area contributed by atoms with Crippen molar-refractivity contribution in [3.8, 4) is 5.75 Å². The summed E-state index contributed by atoms with van der Waals surface area (Å²) in [5, 5.41) is 0. The van der Waals surface area contributed by atoms with Crippen LogP contribution in [0.3, 0.4) is 0 Å². The summed E-state index contributed by atoms with van der Waals surface area (Å²) in [7, 11) is 0. The van der Waals surface area contributed by atoms with Gasteiger partial charge in [0.2, 0.25) is 0 Å². The summed E-state index contributed by atoms with van der Waals surface area (Å²) in [6.07, 6.45) is 17.2. The largest absolute Gasteiger partial charge is 0.513 e. The van der Waals surface area contributed by atoms with E-state index in [4.69, 9.17) is 9.47 Å². The SMILES string of the molecule is CCCCCCCc1cccc(OC(=O)OCCCCC)c1CCCCCCC. The molecule has 1 aromatic carbocycles. The zero-order valence-corrected chi connectivity index (χ0v) is 19.3. The fourth-order valence-electron chi connectivity index (χ4n) is 3.68. The minimum Gasteiger partial charge on any atom is -0.434 e. The average Bonchev–Trinajstić information content (AvgIpc) is 2.72. The Labute approximate surface area is 179 Å². The van der Waals surface area contributed by atoms with E-state index in [1.54, 1.807) is 0 Å². The molecule has 0 heterocycles. The number of benzene rings is 1. The van der Waals surface area contributed by atoms with Gasteiger partial charge in [-0.1, -0.05) is 97.1 Å². The van der Waals surface area contributed by atoms with Crippen molar-refractivity contribution in [1.82, 2.24) is 0 Å². The van der Waals surface area contributed by atoms with Gasteiger partial charge in [0.1, 0.15) is 5.75 Å².